The quantitative estimate of drug-likeness (QED) is 0.497. The van der Waals surface area contributed by atoms with Gasteiger partial charge in [0.05, 0.1) is 6.10 Å². The van der Waals surface area contributed by atoms with Gasteiger partial charge in [0, 0.05) is 19.7 Å². The molecular weight excluding hydrogens is 180 g/mol. The highest BCUT2D eigenvalue weighted by atomic mass is 16.5. The zero-order valence-electron chi connectivity index (χ0n) is 9.03. The van der Waals surface area contributed by atoms with Crippen LogP contribution in [0.1, 0.15) is 26.7 Å². The third kappa shape index (κ3) is 3.27. The van der Waals surface area contributed by atoms with Crippen molar-refractivity contribution in [2.24, 2.45) is 5.73 Å². The average molecular weight is 200 g/mol. The molecule has 1 amide bonds. The molecule has 4 nitrogen and oxygen atoms in total. The molecule has 1 atom stereocenters. The second kappa shape index (κ2) is 5.32. The van der Waals surface area contributed by atoms with Crippen molar-refractivity contribution in [2.45, 2.75) is 38.8 Å². The van der Waals surface area contributed by atoms with E-state index in [2.05, 4.69) is 0 Å². The van der Waals surface area contributed by atoms with E-state index in [1.807, 2.05) is 13.8 Å². The molecule has 0 bridgehead atoms. The third-order valence-corrected chi connectivity index (χ3v) is 2.32. The van der Waals surface area contributed by atoms with Crippen molar-refractivity contribution in [3.63, 3.8) is 0 Å². The molecular formula is C10H20N2O2. The van der Waals surface area contributed by atoms with Crippen molar-refractivity contribution in [3.05, 3.63) is 0 Å². The molecule has 0 spiro atoms. The number of carbonyl (C=O) groups is 1. The van der Waals surface area contributed by atoms with Gasteiger partial charge in [-0.25, -0.2) is 0 Å². The van der Waals surface area contributed by atoms with Gasteiger partial charge in [0.15, 0.2) is 0 Å². The van der Waals surface area contributed by atoms with Crippen LogP contribution < -0.4 is 5.73 Å². The molecule has 2 N–H and O–H groups in total. The Labute approximate surface area is 85.4 Å². The highest BCUT2D eigenvalue weighted by Crippen LogP contribution is 2.08. The van der Waals surface area contributed by atoms with Crippen LogP contribution in [0, 0.1) is 0 Å². The minimum atomic E-state index is -0.234. The number of rotatable bonds is 6. The fourth-order valence-corrected chi connectivity index (χ4v) is 1.45. The fraction of sp³-hybridized carbons (Fsp3) is 0.900. The second-order valence-electron chi connectivity index (χ2n) is 4.02. The standard InChI is InChI=1S/C10H20N2O2/c1-8(2)14-6-4-3-5-12-7-9(11)10(12)13/h8-9H,3-7,11H2,1-2H3. The molecule has 1 aliphatic rings. The van der Waals surface area contributed by atoms with E-state index in [-0.39, 0.29) is 11.9 Å². The highest BCUT2D eigenvalue weighted by Gasteiger charge is 2.32. The summed E-state index contributed by atoms with van der Waals surface area (Å²) in [7, 11) is 0. The second-order valence-corrected chi connectivity index (χ2v) is 4.02. The molecule has 1 heterocycles. The topological polar surface area (TPSA) is 55.6 Å². The molecule has 0 aromatic heterocycles. The SMILES string of the molecule is CC(C)OCCCCN1CC(N)C1=O. The van der Waals surface area contributed by atoms with Crippen LogP contribution in [-0.2, 0) is 9.53 Å². The first-order valence-electron chi connectivity index (χ1n) is 5.27. The number of ether oxygens (including phenoxy) is 1. The van der Waals surface area contributed by atoms with Crippen molar-refractivity contribution in [1.29, 1.82) is 0 Å². The van der Waals surface area contributed by atoms with E-state index in [0.717, 1.165) is 32.5 Å². The summed E-state index contributed by atoms with van der Waals surface area (Å²) in [5.41, 5.74) is 5.47. The van der Waals surface area contributed by atoms with Crippen molar-refractivity contribution < 1.29 is 9.53 Å². The maximum atomic E-state index is 11.1. The minimum absolute atomic E-state index is 0.0924. The van der Waals surface area contributed by atoms with Crippen molar-refractivity contribution in [2.75, 3.05) is 19.7 Å². The molecule has 4 heteroatoms. The molecule has 1 saturated heterocycles. The number of unbranched alkanes of at least 4 members (excludes halogenated alkanes) is 1. The lowest BCUT2D eigenvalue weighted by atomic mass is 10.1. The monoisotopic (exact) mass is 200 g/mol. The number of hydrogen-bond donors (Lipinski definition) is 1. The number of amides is 1. The van der Waals surface area contributed by atoms with E-state index in [4.69, 9.17) is 10.5 Å². The summed E-state index contributed by atoms with van der Waals surface area (Å²) in [6.07, 6.45) is 2.32. The first-order chi connectivity index (χ1) is 6.61. The predicted octanol–water partition coefficient (Wildman–Crippen LogP) is 0.361. The van der Waals surface area contributed by atoms with Crippen LogP contribution in [0.4, 0.5) is 0 Å². The summed E-state index contributed by atoms with van der Waals surface area (Å²) in [4.78, 5) is 12.9. The van der Waals surface area contributed by atoms with Crippen LogP contribution in [0.15, 0.2) is 0 Å². The van der Waals surface area contributed by atoms with E-state index >= 15 is 0 Å². The molecule has 1 unspecified atom stereocenters. The Kier molecular flexibility index (Phi) is 4.35. The van der Waals surface area contributed by atoms with E-state index in [0.29, 0.717) is 6.10 Å². The Morgan fingerprint density at radius 2 is 2.29 bits per heavy atom. The van der Waals surface area contributed by atoms with E-state index in [9.17, 15) is 4.79 Å². The molecule has 0 radical (unpaired) electrons. The van der Waals surface area contributed by atoms with Crippen LogP contribution in [0.25, 0.3) is 0 Å². The summed E-state index contributed by atoms with van der Waals surface area (Å²) in [6, 6.07) is -0.234. The lowest BCUT2D eigenvalue weighted by Gasteiger charge is -2.36. The summed E-state index contributed by atoms with van der Waals surface area (Å²) >= 11 is 0. The molecule has 0 aromatic rings. The number of hydrogen-bond acceptors (Lipinski definition) is 3. The maximum absolute atomic E-state index is 11.1. The third-order valence-electron chi connectivity index (χ3n) is 2.32. The molecule has 0 aromatic carbocycles. The van der Waals surface area contributed by atoms with Crippen molar-refractivity contribution >= 4 is 5.91 Å². The number of likely N-dealkylation sites (tertiary alicyclic amines) is 1. The highest BCUT2D eigenvalue weighted by molar-refractivity contribution is 5.87. The van der Waals surface area contributed by atoms with E-state index < -0.39 is 0 Å². The van der Waals surface area contributed by atoms with Crippen LogP contribution in [0.5, 0.6) is 0 Å². The smallest absolute Gasteiger partial charge is 0.241 e. The summed E-state index contributed by atoms with van der Waals surface area (Å²) in [6.45, 7) is 6.39. The molecule has 1 aliphatic heterocycles. The van der Waals surface area contributed by atoms with Crippen LogP contribution in [0.3, 0.4) is 0 Å². The Hall–Kier alpha value is -0.610. The zero-order valence-corrected chi connectivity index (χ0v) is 9.03. The van der Waals surface area contributed by atoms with Gasteiger partial charge < -0.3 is 15.4 Å². The van der Waals surface area contributed by atoms with E-state index in [1.165, 1.54) is 0 Å². The summed E-state index contributed by atoms with van der Waals surface area (Å²) in [5, 5.41) is 0. The van der Waals surface area contributed by atoms with Crippen molar-refractivity contribution in [3.8, 4) is 0 Å². The van der Waals surface area contributed by atoms with E-state index in [1.54, 1.807) is 4.90 Å². The Balaban J connectivity index is 1.92. The van der Waals surface area contributed by atoms with Gasteiger partial charge in [-0.2, -0.15) is 0 Å². The van der Waals surface area contributed by atoms with Gasteiger partial charge in [0.2, 0.25) is 5.91 Å². The zero-order chi connectivity index (χ0) is 10.6. The predicted molar refractivity (Wildman–Crippen MR) is 54.9 cm³/mol. The van der Waals surface area contributed by atoms with Gasteiger partial charge in [0.25, 0.3) is 0 Å². The summed E-state index contributed by atoms with van der Waals surface area (Å²) < 4.78 is 5.40. The Morgan fingerprint density at radius 3 is 2.79 bits per heavy atom. The first kappa shape index (κ1) is 11.5. The van der Waals surface area contributed by atoms with Gasteiger partial charge in [-0.05, 0) is 26.7 Å². The van der Waals surface area contributed by atoms with Gasteiger partial charge in [-0.1, -0.05) is 0 Å². The number of carbonyl (C=O) groups excluding carboxylic acids is 1. The molecule has 0 aliphatic carbocycles. The molecule has 1 rings (SSSR count). The summed E-state index contributed by atoms with van der Waals surface area (Å²) in [5.74, 6) is 0.0924. The first-order valence-corrected chi connectivity index (χ1v) is 5.27. The number of nitrogens with zero attached hydrogens (tertiary/aromatic N) is 1. The van der Waals surface area contributed by atoms with Crippen molar-refractivity contribution in [1.82, 2.24) is 4.90 Å². The molecule has 0 saturated carbocycles. The molecule has 14 heavy (non-hydrogen) atoms. The lowest BCUT2D eigenvalue weighted by Crippen LogP contribution is -2.60. The van der Waals surface area contributed by atoms with Crippen LogP contribution in [-0.4, -0.2) is 42.6 Å². The van der Waals surface area contributed by atoms with Gasteiger partial charge in [-0.15, -0.1) is 0 Å². The molecule has 1 fully saturated rings. The normalized spacial score (nSPS) is 21.6. The minimum Gasteiger partial charge on any atom is -0.379 e. The maximum Gasteiger partial charge on any atom is 0.241 e. The van der Waals surface area contributed by atoms with Gasteiger partial charge >= 0.3 is 0 Å². The Bertz CT molecular complexity index is 195. The number of nitrogens with two attached hydrogens (primary N) is 1. The lowest BCUT2D eigenvalue weighted by molar-refractivity contribution is -0.142. The van der Waals surface area contributed by atoms with Gasteiger partial charge in [-0.3, -0.25) is 4.79 Å². The van der Waals surface area contributed by atoms with Gasteiger partial charge in [0.1, 0.15) is 6.04 Å². The van der Waals surface area contributed by atoms with Crippen LogP contribution in [0.2, 0.25) is 0 Å². The fourth-order valence-electron chi connectivity index (χ4n) is 1.45. The Morgan fingerprint density at radius 1 is 1.57 bits per heavy atom. The van der Waals surface area contributed by atoms with Crippen LogP contribution >= 0.6 is 0 Å². The largest absolute Gasteiger partial charge is 0.379 e. The number of β-lactam (4-membered cyclic amide) rings is 1. The average Bonchev–Trinajstić information content (AvgIpc) is 2.15. The molecule has 82 valence electrons.